The lowest BCUT2D eigenvalue weighted by molar-refractivity contribution is -0.659. The molecule has 0 atom stereocenters. The average molecular weight is 453 g/mol. The van der Waals surface area contributed by atoms with Crippen molar-refractivity contribution in [2.75, 3.05) is 0 Å². The summed E-state index contributed by atoms with van der Waals surface area (Å²) in [4.78, 5) is 0. The lowest BCUT2D eigenvalue weighted by Gasteiger charge is -2.30. The number of nitrogens with zero attached hydrogens (tertiary/aromatic N) is 1. The number of hydrogen-bond acceptors (Lipinski definition) is 1. The minimum atomic E-state index is -1.72. The van der Waals surface area contributed by atoms with Crippen LogP contribution in [0.2, 0.25) is 19.6 Å². The average Bonchev–Trinajstić information content (AvgIpc) is 3.29. The Morgan fingerprint density at radius 1 is 0.939 bits per heavy atom. The molecular formula is C30H34NOSi+. The molecule has 0 saturated heterocycles. The van der Waals surface area contributed by atoms with Gasteiger partial charge in [0.05, 0.1) is 19.0 Å². The van der Waals surface area contributed by atoms with Crippen molar-refractivity contribution in [3.05, 3.63) is 59.3 Å². The van der Waals surface area contributed by atoms with Crippen LogP contribution < -0.4 is 14.5 Å². The van der Waals surface area contributed by atoms with E-state index in [1.54, 1.807) is 0 Å². The summed E-state index contributed by atoms with van der Waals surface area (Å²) in [6, 6.07) is 14.0. The van der Waals surface area contributed by atoms with Gasteiger partial charge in [0, 0.05) is 6.07 Å². The minimum Gasteiger partial charge on any atom is -0.456 e. The number of hydrogen-bond donors (Lipinski definition) is 0. The molecule has 0 bridgehead atoms. The standard InChI is InChI=1S/C30H34NOSi/c1-18-11-12-23-19(2)26-28-27-21(13-14-31(28)3)16-22(20-9-7-8-10-20)17-25(27)32-29(26)30(24(23)15-18)33(4,5)6/h11-17,20H,7-10H2,1-6H3/q+1. The lowest BCUT2D eigenvalue weighted by atomic mass is 9.89. The number of pyridine rings is 1. The van der Waals surface area contributed by atoms with E-state index in [1.807, 2.05) is 0 Å². The highest BCUT2D eigenvalue weighted by molar-refractivity contribution is 6.91. The van der Waals surface area contributed by atoms with Crippen LogP contribution in [0.3, 0.4) is 0 Å². The van der Waals surface area contributed by atoms with Gasteiger partial charge in [-0.1, -0.05) is 62.3 Å². The number of aromatic nitrogens is 1. The molecule has 0 amide bonds. The maximum absolute atomic E-state index is 7.01. The second-order valence-electron chi connectivity index (χ2n) is 11.3. The fourth-order valence-corrected chi connectivity index (χ4v) is 8.22. The molecule has 1 fully saturated rings. The lowest BCUT2D eigenvalue weighted by Crippen LogP contribution is -2.41. The zero-order chi connectivity index (χ0) is 23.1. The molecule has 0 radical (unpaired) electrons. The van der Waals surface area contributed by atoms with Crippen molar-refractivity contribution >= 4 is 34.8 Å². The highest BCUT2D eigenvalue weighted by Crippen LogP contribution is 2.49. The molecule has 1 aromatic heterocycles. The maximum atomic E-state index is 7.01. The number of aryl methyl sites for hydroxylation is 3. The Kier molecular flexibility index (Phi) is 4.55. The van der Waals surface area contributed by atoms with Crippen molar-refractivity contribution in [3.63, 3.8) is 0 Å². The van der Waals surface area contributed by atoms with Gasteiger partial charge in [-0.2, -0.15) is 0 Å². The van der Waals surface area contributed by atoms with Crippen LogP contribution in [-0.2, 0) is 7.05 Å². The third kappa shape index (κ3) is 3.08. The van der Waals surface area contributed by atoms with E-state index in [2.05, 4.69) is 87.7 Å². The number of fused-ring (bicyclic) bond motifs is 3. The van der Waals surface area contributed by atoms with Crippen molar-refractivity contribution in [1.82, 2.24) is 0 Å². The Morgan fingerprint density at radius 3 is 2.42 bits per heavy atom. The molecule has 2 aliphatic rings. The number of rotatable bonds is 2. The van der Waals surface area contributed by atoms with Gasteiger partial charge in [-0.25, -0.2) is 4.57 Å². The summed E-state index contributed by atoms with van der Waals surface area (Å²) >= 11 is 0. The highest BCUT2D eigenvalue weighted by atomic mass is 28.3. The summed E-state index contributed by atoms with van der Waals surface area (Å²) in [5, 5.41) is 6.78. The van der Waals surface area contributed by atoms with Crippen molar-refractivity contribution in [2.24, 2.45) is 7.05 Å². The molecule has 1 aliphatic carbocycles. The van der Waals surface area contributed by atoms with Crippen LogP contribution in [0.4, 0.5) is 0 Å². The minimum absolute atomic E-state index is 0.672. The summed E-state index contributed by atoms with van der Waals surface area (Å²) in [7, 11) is 0.468. The topological polar surface area (TPSA) is 13.1 Å². The highest BCUT2D eigenvalue weighted by Gasteiger charge is 2.36. The molecule has 4 aromatic rings. The van der Waals surface area contributed by atoms with E-state index in [1.165, 1.54) is 80.4 Å². The summed E-state index contributed by atoms with van der Waals surface area (Å²) in [6.07, 6.45) is 7.54. The van der Waals surface area contributed by atoms with E-state index in [0.717, 1.165) is 11.5 Å². The molecule has 3 aromatic carbocycles. The van der Waals surface area contributed by atoms with Crippen molar-refractivity contribution in [3.8, 4) is 22.8 Å². The fraction of sp³-hybridized carbons (Fsp3) is 0.367. The molecule has 1 aliphatic heterocycles. The van der Waals surface area contributed by atoms with Crippen LogP contribution >= 0.6 is 0 Å². The van der Waals surface area contributed by atoms with Crippen LogP contribution in [0.1, 0.15) is 48.3 Å². The van der Waals surface area contributed by atoms with Gasteiger partial charge in [0.2, 0.25) is 5.69 Å². The van der Waals surface area contributed by atoms with Gasteiger partial charge in [0.15, 0.2) is 6.20 Å². The molecule has 0 N–H and O–H groups in total. The first-order valence-electron chi connectivity index (χ1n) is 12.5. The van der Waals surface area contributed by atoms with Gasteiger partial charge in [-0.05, 0) is 71.1 Å². The van der Waals surface area contributed by atoms with Gasteiger partial charge in [0.25, 0.3) is 0 Å². The van der Waals surface area contributed by atoms with Gasteiger partial charge in [0.1, 0.15) is 18.5 Å². The Hall–Kier alpha value is -2.65. The van der Waals surface area contributed by atoms with Crippen LogP contribution in [0.5, 0.6) is 11.5 Å². The maximum Gasteiger partial charge on any atom is 0.228 e. The SMILES string of the molecule is Cc1ccc2c(C)c3c(c([Si](C)(C)C)c2c1)Oc1cc(C2CCCC2)cc2cc[n+](C)c-3c12. The molecular weight excluding hydrogens is 418 g/mol. The molecule has 2 heterocycles. The van der Waals surface area contributed by atoms with Gasteiger partial charge in [-0.3, -0.25) is 0 Å². The molecule has 0 spiro atoms. The second kappa shape index (κ2) is 7.17. The van der Waals surface area contributed by atoms with Gasteiger partial charge < -0.3 is 4.74 Å². The Bertz CT molecular complexity index is 1450. The van der Waals surface area contributed by atoms with Crippen LogP contribution in [0, 0.1) is 13.8 Å². The van der Waals surface area contributed by atoms with E-state index in [-0.39, 0.29) is 0 Å². The normalized spacial score (nSPS) is 15.8. The molecule has 2 nitrogen and oxygen atoms in total. The van der Waals surface area contributed by atoms with Crippen LogP contribution in [-0.4, -0.2) is 8.07 Å². The Labute approximate surface area is 198 Å². The van der Waals surface area contributed by atoms with Gasteiger partial charge in [-0.15, -0.1) is 0 Å². The van der Waals surface area contributed by atoms with Crippen molar-refractivity contribution in [1.29, 1.82) is 0 Å². The Morgan fingerprint density at radius 2 is 1.70 bits per heavy atom. The quantitative estimate of drug-likeness (QED) is 0.201. The molecule has 0 unspecified atom stereocenters. The third-order valence-electron chi connectivity index (χ3n) is 7.93. The van der Waals surface area contributed by atoms with Gasteiger partial charge >= 0.3 is 0 Å². The second-order valence-corrected chi connectivity index (χ2v) is 16.3. The zero-order valence-corrected chi connectivity index (χ0v) is 21.8. The molecule has 168 valence electrons. The number of ether oxygens (including phenoxy) is 1. The summed E-state index contributed by atoms with van der Waals surface area (Å²) in [5.41, 5.74) is 6.70. The first-order valence-corrected chi connectivity index (χ1v) is 16.0. The van der Waals surface area contributed by atoms with E-state index in [4.69, 9.17) is 4.74 Å². The largest absolute Gasteiger partial charge is 0.456 e. The van der Waals surface area contributed by atoms with Crippen molar-refractivity contribution in [2.45, 2.75) is 65.1 Å². The monoisotopic (exact) mass is 452 g/mol. The fourth-order valence-electron chi connectivity index (χ4n) is 6.35. The molecule has 33 heavy (non-hydrogen) atoms. The number of benzene rings is 3. The predicted octanol–water partition coefficient (Wildman–Crippen LogP) is 7.41. The molecule has 6 rings (SSSR count). The van der Waals surface area contributed by atoms with E-state index in [9.17, 15) is 0 Å². The molecule has 1 saturated carbocycles. The summed E-state index contributed by atoms with van der Waals surface area (Å²) < 4.78 is 9.32. The first-order chi connectivity index (χ1) is 15.7. The smallest absolute Gasteiger partial charge is 0.228 e. The van der Waals surface area contributed by atoms with E-state index in [0.29, 0.717) is 5.92 Å². The first kappa shape index (κ1) is 20.9. The summed E-state index contributed by atoms with van der Waals surface area (Å²) in [6.45, 7) is 11.8. The van der Waals surface area contributed by atoms with Crippen molar-refractivity contribution < 1.29 is 9.30 Å². The van der Waals surface area contributed by atoms with E-state index < -0.39 is 8.07 Å². The Balaban J connectivity index is 1.75. The molecule has 3 heteroatoms. The zero-order valence-electron chi connectivity index (χ0n) is 20.8. The summed E-state index contributed by atoms with van der Waals surface area (Å²) in [5.74, 6) is 2.84. The van der Waals surface area contributed by atoms with Crippen LogP contribution in [0.15, 0.2) is 42.6 Å². The van der Waals surface area contributed by atoms with E-state index >= 15 is 0 Å². The van der Waals surface area contributed by atoms with Crippen LogP contribution in [0.25, 0.3) is 32.8 Å². The predicted molar refractivity (Wildman–Crippen MR) is 142 cm³/mol. The third-order valence-corrected chi connectivity index (χ3v) is 9.92.